The largest absolute Gasteiger partial charge is 0.368 e. The third kappa shape index (κ3) is 2.44. The second-order valence-corrected chi connectivity index (χ2v) is 5.30. The second kappa shape index (κ2) is 4.79. The van der Waals surface area contributed by atoms with E-state index in [2.05, 4.69) is 37.8 Å². The normalized spacial score (nSPS) is 24.5. The predicted octanol–water partition coefficient (Wildman–Crippen LogP) is 3.49. The summed E-state index contributed by atoms with van der Waals surface area (Å²) >= 11 is 0. The summed E-state index contributed by atoms with van der Waals surface area (Å²) in [5, 5.41) is 9.20. The van der Waals surface area contributed by atoms with Crippen molar-refractivity contribution in [2.45, 2.75) is 39.7 Å². The van der Waals surface area contributed by atoms with Crippen LogP contribution >= 0.6 is 0 Å². The van der Waals surface area contributed by atoms with Crippen LogP contribution in [0.5, 0.6) is 0 Å². The lowest BCUT2D eigenvalue weighted by Gasteiger charge is -2.38. The standard InChI is InChI=1S/C15H20N2/c1-11-4-5-14(10-16)15(9-11)17-7-6-12(2)8-13(17)3/h4-5,9,12-13H,6-8H2,1-3H3. The molecule has 0 amide bonds. The molecule has 2 heteroatoms. The summed E-state index contributed by atoms with van der Waals surface area (Å²) in [6, 6.07) is 8.94. The van der Waals surface area contributed by atoms with Gasteiger partial charge in [-0.2, -0.15) is 5.26 Å². The zero-order chi connectivity index (χ0) is 12.4. The molecule has 1 aromatic carbocycles. The molecule has 0 spiro atoms. The van der Waals surface area contributed by atoms with Crippen molar-refractivity contribution in [3.05, 3.63) is 29.3 Å². The first-order valence-electron chi connectivity index (χ1n) is 6.39. The molecule has 90 valence electrons. The Morgan fingerprint density at radius 3 is 2.76 bits per heavy atom. The second-order valence-electron chi connectivity index (χ2n) is 5.30. The average molecular weight is 228 g/mol. The quantitative estimate of drug-likeness (QED) is 0.735. The van der Waals surface area contributed by atoms with Gasteiger partial charge in [0.2, 0.25) is 0 Å². The first-order valence-corrected chi connectivity index (χ1v) is 6.39. The Labute approximate surface area is 104 Å². The van der Waals surface area contributed by atoms with E-state index in [1.54, 1.807) is 0 Å². The van der Waals surface area contributed by atoms with Crippen LogP contribution in [0.15, 0.2) is 18.2 Å². The molecule has 0 saturated carbocycles. The lowest BCUT2D eigenvalue weighted by atomic mass is 9.92. The van der Waals surface area contributed by atoms with E-state index in [1.807, 2.05) is 12.1 Å². The lowest BCUT2D eigenvalue weighted by molar-refractivity contribution is 0.378. The van der Waals surface area contributed by atoms with Gasteiger partial charge >= 0.3 is 0 Å². The highest BCUT2D eigenvalue weighted by atomic mass is 15.2. The molecule has 1 fully saturated rings. The van der Waals surface area contributed by atoms with Crippen LogP contribution in [0.25, 0.3) is 0 Å². The van der Waals surface area contributed by atoms with Gasteiger partial charge in [0, 0.05) is 12.6 Å². The molecule has 2 unspecified atom stereocenters. The fourth-order valence-electron chi connectivity index (χ4n) is 2.74. The Balaban J connectivity index is 2.33. The number of hydrogen-bond acceptors (Lipinski definition) is 2. The first kappa shape index (κ1) is 12.0. The van der Waals surface area contributed by atoms with E-state index in [4.69, 9.17) is 0 Å². The third-order valence-corrected chi connectivity index (χ3v) is 3.72. The smallest absolute Gasteiger partial charge is 0.101 e. The minimum atomic E-state index is 0.535. The maximum absolute atomic E-state index is 9.20. The van der Waals surface area contributed by atoms with E-state index >= 15 is 0 Å². The van der Waals surface area contributed by atoms with Crippen LogP contribution < -0.4 is 4.90 Å². The molecule has 1 saturated heterocycles. The van der Waals surface area contributed by atoms with Crippen LogP contribution in [0, 0.1) is 24.2 Å². The topological polar surface area (TPSA) is 27.0 Å². The molecule has 1 aromatic rings. The van der Waals surface area contributed by atoms with Crippen LogP contribution in [0.1, 0.15) is 37.8 Å². The van der Waals surface area contributed by atoms with Gasteiger partial charge in [-0.05, 0) is 50.3 Å². The minimum absolute atomic E-state index is 0.535. The fourth-order valence-corrected chi connectivity index (χ4v) is 2.74. The SMILES string of the molecule is Cc1ccc(C#N)c(N2CCC(C)CC2C)c1. The Morgan fingerprint density at radius 1 is 1.35 bits per heavy atom. The molecular weight excluding hydrogens is 208 g/mol. The summed E-state index contributed by atoms with van der Waals surface area (Å²) in [5.41, 5.74) is 3.15. The van der Waals surface area contributed by atoms with E-state index in [1.165, 1.54) is 18.4 Å². The Kier molecular flexibility index (Phi) is 3.38. The Morgan fingerprint density at radius 2 is 2.12 bits per heavy atom. The zero-order valence-corrected chi connectivity index (χ0v) is 10.9. The van der Waals surface area contributed by atoms with Gasteiger partial charge in [0.15, 0.2) is 0 Å². The fraction of sp³-hybridized carbons (Fsp3) is 0.533. The summed E-state index contributed by atoms with van der Waals surface area (Å²) in [4.78, 5) is 2.39. The van der Waals surface area contributed by atoms with Crippen molar-refractivity contribution in [2.75, 3.05) is 11.4 Å². The van der Waals surface area contributed by atoms with Crippen LogP contribution in [-0.4, -0.2) is 12.6 Å². The number of nitriles is 1. The number of piperidine rings is 1. The number of anilines is 1. The van der Waals surface area contributed by atoms with Crippen molar-refractivity contribution in [1.29, 1.82) is 5.26 Å². The van der Waals surface area contributed by atoms with Crippen LogP contribution in [0.2, 0.25) is 0 Å². The summed E-state index contributed by atoms with van der Waals surface area (Å²) in [6.45, 7) is 7.73. The van der Waals surface area contributed by atoms with Gasteiger partial charge in [0.25, 0.3) is 0 Å². The molecule has 17 heavy (non-hydrogen) atoms. The summed E-state index contributed by atoms with van der Waals surface area (Å²) in [6.07, 6.45) is 2.45. The molecule has 0 radical (unpaired) electrons. The van der Waals surface area contributed by atoms with E-state index in [9.17, 15) is 5.26 Å². The predicted molar refractivity (Wildman–Crippen MR) is 71.1 cm³/mol. The number of hydrogen-bond donors (Lipinski definition) is 0. The van der Waals surface area contributed by atoms with Crippen molar-refractivity contribution in [2.24, 2.45) is 5.92 Å². The van der Waals surface area contributed by atoms with Gasteiger partial charge in [-0.3, -0.25) is 0 Å². The van der Waals surface area contributed by atoms with Crippen molar-refractivity contribution in [1.82, 2.24) is 0 Å². The van der Waals surface area contributed by atoms with Crippen LogP contribution in [-0.2, 0) is 0 Å². The van der Waals surface area contributed by atoms with E-state index in [-0.39, 0.29) is 0 Å². The Hall–Kier alpha value is -1.49. The first-order chi connectivity index (χ1) is 8.11. The molecule has 2 rings (SSSR count). The Bertz CT molecular complexity index is 445. The highest BCUT2D eigenvalue weighted by molar-refractivity contribution is 5.61. The highest BCUT2D eigenvalue weighted by Crippen LogP contribution is 2.30. The molecule has 1 aliphatic rings. The van der Waals surface area contributed by atoms with Gasteiger partial charge in [-0.1, -0.05) is 13.0 Å². The molecule has 0 N–H and O–H groups in total. The monoisotopic (exact) mass is 228 g/mol. The van der Waals surface area contributed by atoms with Crippen LogP contribution in [0.3, 0.4) is 0 Å². The van der Waals surface area contributed by atoms with E-state index < -0.39 is 0 Å². The summed E-state index contributed by atoms with van der Waals surface area (Å²) in [7, 11) is 0. The zero-order valence-electron chi connectivity index (χ0n) is 10.9. The van der Waals surface area contributed by atoms with E-state index in [0.29, 0.717) is 6.04 Å². The maximum atomic E-state index is 9.20. The highest BCUT2D eigenvalue weighted by Gasteiger charge is 2.24. The number of benzene rings is 1. The minimum Gasteiger partial charge on any atom is -0.368 e. The molecule has 0 aromatic heterocycles. The maximum Gasteiger partial charge on any atom is 0.101 e. The average Bonchev–Trinajstić information content (AvgIpc) is 2.29. The van der Waals surface area contributed by atoms with Crippen molar-refractivity contribution in [3.8, 4) is 6.07 Å². The third-order valence-electron chi connectivity index (χ3n) is 3.72. The molecule has 2 nitrogen and oxygen atoms in total. The van der Waals surface area contributed by atoms with Gasteiger partial charge in [-0.15, -0.1) is 0 Å². The molecule has 0 aliphatic carbocycles. The van der Waals surface area contributed by atoms with Crippen LogP contribution in [0.4, 0.5) is 5.69 Å². The van der Waals surface area contributed by atoms with Crippen molar-refractivity contribution < 1.29 is 0 Å². The molecule has 1 aliphatic heterocycles. The summed E-state index contributed by atoms with van der Waals surface area (Å²) in [5.74, 6) is 0.802. The molecular formula is C15H20N2. The van der Waals surface area contributed by atoms with Crippen molar-refractivity contribution in [3.63, 3.8) is 0 Å². The van der Waals surface area contributed by atoms with Gasteiger partial charge in [0.05, 0.1) is 11.3 Å². The van der Waals surface area contributed by atoms with Gasteiger partial charge < -0.3 is 4.90 Å². The number of aryl methyl sites for hydroxylation is 1. The lowest BCUT2D eigenvalue weighted by Crippen LogP contribution is -2.40. The number of nitrogens with zero attached hydrogens (tertiary/aromatic N) is 2. The van der Waals surface area contributed by atoms with E-state index in [0.717, 1.165) is 23.7 Å². The number of rotatable bonds is 1. The van der Waals surface area contributed by atoms with Crippen molar-refractivity contribution >= 4 is 5.69 Å². The van der Waals surface area contributed by atoms with Gasteiger partial charge in [0.1, 0.15) is 6.07 Å². The molecule has 1 heterocycles. The van der Waals surface area contributed by atoms with Gasteiger partial charge in [-0.25, -0.2) is 0 Å². The summed E-state index contributed by atoms with van der Waals surface area (Å²) < 4.78 is 0. The molecule has 0 bridgehead atoms. The molecule has 2 atom stereocenters.